The first kappa shape index (κ1) is 18.7. The van der Waals surface area contributed by atoms with Crippen LogP contribution in [0.25, 0.3) is 0 Å². The van der Waals surface area contributed by atoms with E-state index in [2.05, 4.69) is 35.9 Å². The molecule has 0 saturated heterocycles. The summed E-state index contributed by atoms with van der Waals surface area (Å²) < 4.78 is 17.2. The Kier molecular flexibility index (Phi) is 6.94. The van der Waals surface area contributed by atoms with Crippen molar-refractivity contribution in [3.05, 3.63) is 11.8 Å². The van der Waals surface area contributed by atoms with E-state index < -0.39 is 13.9 Å². The lowest BCUT2D eigenvalue weighted by Gasteiger charge is -2.37. The smallest absolute Gasteiger partial charge is 0.373 e. The van der Waals surface area contributed by atoms with E-state index in [9.17, 15) is 4.79 Å². The molecule has 0 bridgehead atoms. The summed E-state index contributed by atoms with van der Waals surface area (Å²) in [5.74, 6) is -0.102. The van der Waals surface area contributed by atoms with Crippen LogP contribution in [-0.2, 0) is 18.7 Å². The Hall–Kier alpha value is -0.333. The van der Waals surface area contributed by atoms with Crippen molar-refractivity contribution in [2.24, 2.45) is 0 Å². The monoisotopic (exact) mass is 378 g/mol. The highest BCUT2D eigenvalue weighted by atomic mass is 79.9. The Labute approximate surface area is 137 Å². The molecule has 0 aromatic carbocycles. The van der Waals surface area contributed by atoms with Crippen LogP contribution < -0.4 is 0 Å². The van der Waals surface area contributed by atoms with Crippen molar-refractivity contribution in [2.45, 2.75) is 64.8 Å². The fourth-order valence-electron chi connectivity index (χ4n) is 2.09. The largest absolute Gasteiger partial charge is 0.481 e. The number of carbonyl (C=O) groups is 1. The first-order valence-corrected chi connectivity index (χ1v) is 11.7. The summed E-state index contributed by atoms with van der Waals surface area (Å²) in [6.45, 7) is 10.7. The molecule has 122 valence electrons. The van der Waals surface area contributed by atoms with Crippen molar-refractivity contribution in [1.29, 1.82) is 0 Å². The van der Waals surface area contributed by atoms with Gasteiger partial charge in [0.1, 0.15) is 5.60 Å². The number of alkyl halides is 1. The third kappa shape index (κ3) is 6.53. The van der Waals surface area contributed by atoms with Gasteiger partial charge in [-0.05, 0) is 39.4 Å². The third-order valence-electron chi connectivity index (χ3n) is 3.14. The van der Waals surface area contributed by atoms with Crippen LogP contribution >= 0.6 is 15.9 Å². The highest BCUT2D eigenvalue weighted by Crippen LogP contribution is 2.30. The molecule has 1 aliphatic rings. The summed E-state index contributed by atoms with van der Waals surface area (Å²) >= 11 is 3.51. The molecule has 1 atom stereocenters. The maximum Gasteiger partial charge on any atom is 0.373 e. The molecule has 0 amide bonds. The average molecular weight is 379 g/mol. The summed E-state index contributed by atoms with van der Waals surface area (Å²) in [6, 6.07) is 0. The molecule has 0 aliphatic carbocycles. The van der Waals surface area contributed by atoms with E-state index in [0.717, 1.165) is 24.2 Å². The zero-order valence-electron chi connectivity index (χ0n) is 13.7. The number of halogens is 1. The molecular formula is C15H27BrO4Si. The van der Waals surface area contributed by atoms with Gasteiger partial charge in [0.25, 0.3) is 0 Å². The fourth-order valence-corrected chi connectivity index (χ4v) is 3.52. The Balaban J connectivity index is 2.76. The molecule has 1 unspecified atom stereocenters. The van der Waals surface area contributed by atoms with Gasteiger partial charge < -0.3 is 13.9 Å². The van der Waals surface area contributed by atoms with Crippen LogP contribution in [0.3, 0.4) is 0 Å². The maximum atomic E-state index is 12.1. The number of rotatable bonds is 7. The number of esters is 1. The van der Waals surface area contributed by atoms with Gasteiger partial charge in [0.15, 0.2) is 8.32 Å². The van der Waals surface area contributed by atoms with E-state index in [-0.39, 0.29) is 17.8 Å². The predicted molar refractivity (Wildman–Crippen MR) is 89.9 cm³/mol. The lowest BCUT2D eigenvalue weighted by Crippen LogP contribution is -2.43. The lowest BCUT2D eigenvalue weighted by atomic mass is 9.97. The number of ether oxygens (including phenoxy) is 2. The van der Waals surface area contributed by atoms with Crippen LogP contribution in [0.5, 0.6) is 0 Å². The second-order valence-corrected chi connectivity index (χ2v) is 12.3. The van der Waals surface area contributed by atoms with Gasteiger partial charge in [0, 0.05) is 11.4 Å². The van der Waals surface area contributed by atoms with E-state index in [4.69, 9.17) is 13.9 Å². The van der Waals surface area contributed by atoms with Crippen molar-refractivity contribution in [1.82, 2.24) is 0 Å². The van der Waals surface area contributed by atoms with E-state index in [0.29, 0.717) is 6.61 Å². The van der Waals surface area contributed by atoms with Crippen LogP contribution in [0, 0.1) is 0 Å². The SMILES string of the molecule is CCCCOC(=O)C1=CC(O[Si](C)(C)CBr)CC(C)(C)O1. The van der Waals surface area contributed by atoms with Gasteiger partial charge in [0.2, 0.25) is 5.76 Å². The van der Waals surface area contributed by atoms with Gasteiger partial charge in [-0.25, -0.2) is 4.79 Å². The fraction of sp³-hybridized carbons (Fsp3) is 0.800. The van der Waals surface area contributed by atoms with Crippen LogP contribution in [0.1, 0.15) is 40.0 Å². The molecule has 1 heterocycles. The second-order valence-electron chi connectivity index (χ2n) is 6.64. The first-order valence-electron chi connectivity index (χ1n) is 7.51. The third-order valence-corrected chi connectivity index (χ3v) is 8.78. The van der Waals surface area contributed by atoms with Gasteiger partial charge in [-0.3, -0.25) is 0 Å². The number of unbranched alkanes of at least 4 members (excludes halogenated alkanes) is 1. The molecule has 0 radical (unpaired) electrons. The van der Waals surface area contributed by atoms with Gasteiger partial charge in [-0.2, -0.15) is 0 Å². The van der Waals surface area contributed by atoms with E-state index >= 15 is 0 Å². The number of carbonyl (C=O) groups excluding carboxylic acids is 1. The van der Waals surface area contributed by atoms with E-state index in [1.165, 1.54) is 0 Å². The molecule has 4 nitrogen and oxygen atoms in total. The molecule has 0 aromatic rings. The normalized spacial score (nSPS) is 21.4. The first-order chi connectivity index (χ1) is 9.69. The number of hydrogen-bond donors (Lipinski definition) is 0. The zero-order valence-corrected chi connectivity index (χ0v) is 16.3. The average Bonchev–Trinajstić information content (AvgIpc) is 2.36. The highest BCUT2D eigenvalue weighted by Gasteiger charge is 2.36. The summed E-state index contributed by atoms with van der Waals surface area (Å²) in [5.41, 5.74) is -0.421. The predicted octanol–water partition coefficient (Wildman–Crippen LogP) is 3.94. The molecule has 21 heavy (non-hydrogen) atoms. The Morgan fingerprint density at radius 1 is 1.52 bits per heavy atom. The minimum atomic E-state index is -1.76. The van der Waals surface area contributed by atoms with Gasteiger partial charge in [-0.1, -0.05) is 29.3 Å². The molecule has 0 N–H and O–H groups in total. The Morgan fingerprint density at radius 3 is 2.76 bits per heavy atom. The van der Waals surface area contributed by atoms with Gasteiger partial charge in [-0.15, -0.1) is 0 Å². The minimum Gasteiger partial charge on any atom is -0.481 e. The van der Waals surface area contributed by atoms with Crippen molar-refractivity contribution >= 4 is 30.2 Å². The molecule has 0 aromatic heterocycles. The van der Waals surface area contributed by atoms with Crippen LogP contribution in [-0.4, -0.2) is 37.6 Å². The lowest BCUT2D eigenvalue weighted by molar-refractivity contribution is -0.148. The summed E-state index contributed by atoms with van der Waals surface area (Å²) in [5, 5.41) is 0. The second kappa shape index (κ2) is 7.79. The number of hydrogen-bond acceptors (Lipinski definition) is 4. The Bertz CT molecular complexity index is 393. The van der Waals surface area contributed by atoms with Gasteiger partial charge >= 0.3 is 5.97 Å². The molecule has 0 saturated carbocycles. The summed E-state index contributed by atoms with van der Waals surface area (Å²) in [4.78, 5) is 12.9. The standard InChI is InChI=1S/C15H27BrO4Si/c1-6-7-8-18-14(17)13-9-12(10-15(2,3)19-13)20-21(4,5)11-16/h9,12H,6-8,10-11H2,1-5H3. The van der Waals surface area contributed by atoms with Crippen molar-refractivity contribution in [2.75, 3.05) is 11.6 Å². The molecular weight excluding hydrogens is 352 g/mol. The topological polar surface area (TPSA) is 44.8 Å². The van der Waals surface area contributed by atoms with Crippen LogP contribution in [0.4, 0.5) is 0 Å². The highest BCUT2D eigenvalue weighted by molar-refractivity contribution is 9.09. The summed E-state index contributed by atoms with van der Waals surface area (Å²) in [6.07, 6.45) is 4.28. The molecule has 1 rings (SSSR count). The van der Waals surface area contributed by atoms with E-state index in [1.807, 2.05) is 13.8 Å². The molecule has 0 spiro atoms. The van der Waals surface area contributed by atoms with Crippen LogP contribution in [0.2, 0.25) is 13.1 Å². The minimum absolute atomic E-state index is 0.0957. The quantitative estimate of drug-likeness (QED) is 0.291. The summed E-state index contributed by atoms with van der Waals surface area (Å²) in [7, 11) is -1.76. The van der Waals surface area contributed by atoms with Crippen molar-refractivity contribution < 1.29 is 18.7 Å². The molecule has 0 fully saturated rings. The van der Waals surface area contributed by atoms with Crippen LogP contribution in [0.15, 0.2) is 11.8 Å². The molecule has 1 aliphatic heterocycles. The van der Waals surface area contributed by atoms with Crippen molar-refractivity contribution in [3.63, 3.8) is 0 Å². The Morgan fingerprint density at radius 2 is 2.19 bits per heavy atom. The molecule has 6 heteroatoms. The van der Waals surface area contributed by atoms with E-state index in [1.54, 1.807) is 6.08 Å². The van der Waals surface area contributed by atoms with Crippen molar-refractivity contribution in [3.8, 4) is 0 Å². The zero-order chi connectivity index (χ0) is 16.1. The maximum absolute atomic E-state index is 12.1. The van der Waals surface area contributed by atoms with Gasteiger partial charge in [0.05, 0.1) is 12.7 Å².